The molecule has 3 heterocycles. The van der Waals surface area contributed by atoms with Crippen LogP contribution in [0.15, 0.2) is 89.7 Å². The molecule has 0 saturated carbocycles. The van der Waals surface area contributed by atoms with Gasteiger partial charge in [-0.3, -0.25) is 9.20 Å². The van der Waals surface area contributed by atoms with Gasteiger partial charge in [-0.1, -0.05) is 60.7 Å². The molecule has 0 spiro atoms. The fourth-order valence-corrected chi connectivity index (χ4v) is 4.41. The van der Waals surface area contributed by atoms with Gasteiger partial charge in [0, 0.05) is 11.1 Å². The maximum Gasteiger partial charge on any atom is 0.266 e. The molecule has 0 aliphatic rings. The summed E-state index contributed by atoms with van der Waals surface area (Å²) >= 11 is 0. The molecule has 29 heavy (non-hydrogen) atoms. The third-order valence-electron chi connectivity index (χ3n) is 5.62. The highest BCUT2D eigenvalue weighted by Gasteiger charge is 2.21. The number of benzene rings is 3. The second kappa shape index (κ2) is 5.79. The van der Waals surface area contributed by atoms with Crippen LogP contribution in [0.5, 0.6) is 0 Å². The normalized spacial score (nSPS) is 11.8. The molecule has 0 unspecified atom stereocenters. The molecule has 0 radical (unpaired) electrons. The van der Waals surface area contributed by atoms with Crippen LogP contribution in [0.3, 0.4) is 0 Å². The second-order valence-corrected chi connectivity index (χ2v) is 7.30. The van der Waals surface area contributed by atoms with Crippen LogP contribution in [0, 0.1) is 6.92 Å². The van der Waals surface area contributed by atoms with Crippen molar-refractivity contribution < 1.29 is 0 Å². The third kappa shape index (κ3) is 2.14. The van der Waals surface area contributed by atoms with Gasteiger partial charge in [0.05, 0.1) is 27.6 Å². The first-order chi connectivity index (χ1) is 14.2. The van der Waals surface area contributed by atoms with Crippen LogP contribution in [-0.2, 0) is 0 Å². The van der Waals surface area contributed by atoms with Gasteiger partial charge in [0.25, 0.3) is 5.56 Å². The second-order valence-electron chi connectivity index (χ2n) is 7.30. The van der Waals surface area contributed by atoms with E-state index in [0.717, 1.165) is 44.7 Å². The topological polar surface area (TPSA) is 39.3 Å². The Morgan fingerprint density at radius 2 is 1.48 bits per heavy atom. The SMILES string of the molecule is Cc1nc2cccc3c4c(cc(-c5ccccc5)n4-c4ccccc4)c(=O)n1c23. The number of aryl methyl sites for hydroxylation is 1. The molecule has 0 fully saturated rings. The van der Waals surface area contributed by atoms with Crippen LogP contribution in [0.25, 0.3) is 44.3 Å². The standard InChI is InChI=1S/C25H17N3O/c1-16-26-21-14-8-13-19-23-20(25(29)27(16)24(19)21)15-22(17-9-4-2-5-10-17)28(23)18-11-6-3-7-12-18/h2-15H,1H3. The molecular weight excluding hydrogens is 358 g/mol. The lowest BCUT2D eigenvalue weighted by Crippen LogP contribution is -2.14. The first-order valence-electron chi connectivity index (χ1n) is 9.64. The van der Waals surface area contributed by atoms with E-state index in [1.807, 2.05) is 61.5 Å². The molecule has 0 atom stereocenters. The zero-order valence-corrected chi connectivity index (χ0v) is 15.8. The smallest absolute Gasteiger partial charge is 0.266 e. The van der Waals surface area contributed by atoms with E-state index in [9.17, 15) is 4.79 Å². The Kier molecular flexibility index (Phi) is 3.21. The lowest BCUT2D eigenvalue weighted by molar-refractivity contribution is 1.02. The number of fused-ring (bicyclic) bond motifs is 2. The van der Waals surface area contributed by atoms with Gasteiger partial charge in [-0.25, -0.2) is 4.98 Å². The zero-order valence-electron chi connectivity index (χ0n) is 15.8. The number of hydrogen-bond acceptors (Lipinski definition) is 2. The maximum absolute atomic E-state index is 13.5. The number of pyridine rings is 1. The highest BCUT2D eigenvalue weighted by atomic mass is 16.1. The minimum Gasteiger partial charge on any atom is -0.308 e. The quantitative estimate of drug-likeness (QED) is 0.417. The minimum atomic E-state index is -0.0226. The van der Waals surface area contributed by atoms with Crippen molar-refractivity contribution in [2.45, 2.75) is 6.92 Å². The predicted octanol–water partition coefficient (Wildman–Crippen LogP) is 5.20. The summed E-state index contributed by atoms with van der Waals surface area (Å²) in [4.78, 5) is 18.1. The summed E-state index contributed by atoms with van der Waals surface area (Å²) < 4.78 is 3.94. The molecule has 3 aromatic heterocycles. The number of para-hydroxylation sites is 2. The molecule has 0 aliphatic carbocycles. The Morgan fingerprint density at radius 3 is 2.24 bits per heavy atom. The highest BCUT2D eigenvalue weighted by Crippen LogP contribution is 2.35. The molecule has 3 aromatic carbocycles. The monoisotopic (exact) mass is 375 g/mol. The summed E-state index contributed by atoms with van der Waals surface area (Å²) in [7, 11) is 0. The van der Waals surface area contributed by atoms with E-state index in [0.29, 0.717) is 5.39 Å². The van der Waals surface area contributed by atoms with E-state index in [1.165, 1.54) is 0 Å². The van der Waals surface area contributed by atoms with Crippen molar-refractivity contribution >= 4 is 27.3 Å². The summed E-state index contributed by atoms with van der Waals surface area (Å²) in [5.74, 6) is 0.719. The van der Waals surface area contributed by atoms with Gasteiger partial charge in [-0.05, 0) is 36.8 Å². The summed E-state index contributed by atoms with van der Waals surface area (Å²) in [5.41, 5.74) is 5.75. The molecule has 4 nitrogen and oxygen atoms in total. The van der Waals surface area contributed by atoms with Crippen LogP contribution in [0.1, 0.15) is 5.82 Å². The minimum absolute atomic E-state index is 0.0226. The molecule has 6 rings (SSSR count). The summed E-state index contributed by atoms with van der Waals surface area (Å²) in [6.07, 6.45) is 0. The number of nitrogens with zero attached hydrogens (tertiary/aromatic N) is 3. The van der Waals surface area contributed by atoms with Gasteiger partial charge >= 0.3 is 0 Å². The lowest BCUT2D eigenvalue weighted by Gasteiger charge is -2.13. The van der Waals surface area contributed by atoms with Crippen LogP contribution in [0.4, 0.5) is 0 Å². The Balaban J connectivity index is 1.90. The van der Waals surface area contributed by atoms with Crippen LogP contribution in [-0.4, -0.2) is 14.0 Å². The average Bonchev–Trinajstić information content (AvgIpc) is 3.32. The van der Waals surface area contributed by atoms with E-state index in [2.05, 4.69) is 39.9 Å². The number of aromatic nitrogens is 3. The lowest BCUT2D eigenvalue weighted by atomic mass is 10.1. The summed E-state index contributed by atoms with van der Waals surface area (Å²) in [6, 6.07) is 28.5. The summed E-state index contributed by atoms with van der Waals surface area (Å²) in [5, 5.41) is 1.73. The third-order valence-corrected chi connectivity index (χ3v) is 5.62. The maximum atomic E-state index is 13.5. The van der Waals surface area contributed by atoms with Crippen molar-refractivity contribution in [2.24, 2.45) is 0 Å². The Morgan fingerprint density at radius 1 is 0.759 bits per heavy atom. The van der Waals surface area contributed by atoms with Crippen molar-refractivity contribution in [1.29, 1.82) is 0 Å². The Hall–Kier alpha value is -3.92. The summed E-state index contributed by atoms with van der Waals surface area (Å²) in [6.45, 7) is 1.89. The van der Waals surface area contributed by atoms with E-state index in [-0.39, 0.29) is 5.56 Å². The van der Waals surface area contributed by atoms with E-state index >= 15 is 0 Å². The molecule has 0 aliphatic heterocycles. The fraction of sp³-hybridized carbons (Fsp3) is 0.0400. The van der Waals surface area contributed by atoms with Crippen LogP contribution in [0.2, 0.25) is 0 Å². The van der Waals surface area contributed by atoms with Gasteiger partial charge in [-0.15, -0.1) is 0 Å². The Labute approximate surface area is 166 Å². The molecule has 4 heteroatoms. The predicted molar refractivity (Wildman–Crippen MR) is 117 cm³/mol. The first-order valence-corrected chi connectivity index (χ1v) is 9.64. The Bertz CT molecular complexity index is 1560. The number of imidazole rings is 1. The van der Waals surface area contributed by atoms with E-state index in [4.69, 9.17) is 0 Å². The van der Waals surface area contributed by atoms with Crippen molar-refractivity contribution in [2.75, 3.05) is 0 Å². The average molecular weight is 375 g/mol. The van der Waals surface area contributed by atoms with Crippen molar-refractivity contribution in [3.8, 4) is 16.9 Å². The van der Waals surface area contributed by atoms with Crippen molar-refractivity contribution in [1.82, 2.24) is 14.0 Å². The molecule has 0 saturated heterocycles. The fourth-order valence-electron chi connectivity index (χ4n) is 4.41. The van der Waals surface area contributed by atoms with Gasteiger partial charge < -0.3 is 4.57 Å². The van der Waals surface area contributed by atoms with Crippen LogP contribution >= 0.6 is 0 Å². The molecule has 6 aromatic rings. The van der Waals surface area contributed by atoms with E-state index in [1.54, 1.807) is 4.40 Å². The molecule has 0 N–H and O–H groups in total. The van der Waals surface area contributed by atoms with E-state index < -0.39 is 0 Å². The van der Waals surface area contributed by atoms with Gasteiger partial charge in [0.1, 0.15) is 5.82 Å². The molecule has 0 bridgehead atoms. The molecule has 0 amide bonds. The number of hydrogen-bond donors (Lipinski definition) is 0. The molecule has 138 valence electrons. The van der Waals surface area contributed by atoms with Crippen LogP contribution < -0.4 is 5.56 Å². The van der Waals surface area contributed by atoms with Gasteiger partial charge in [0.2, 0.25) is 0 Å². The first kappa shape index (κ1) is 16.1. The zero-order chi connectivity index (χ0) is 19.5. The molecular formula is C25H17N3O. The van der Waals surface area contributed by atoms with Gasteiger partial charge in [0.15, 0.2) is 0 Å². The van der Waals surface area contributed by atoms with Crippen molar-refractivity contribution in [3.05, 3.63) is 101 Å². The van der Waals surface area contributed by atoms with Gasteiger partial charge in [-0.2, -0.15) is 0 Å². The number of rotatable bonds is 2. The largest absolute Gasteiger partial charge is 0.308 e. The highest BCUT2D eigenvalue weighted by molar-refractivity contribution is 6.11. The van der Waals surface area contributed by atoms with Crippen molar-refractivity contribution in [3.63, 3.8) is 0 Å².